The Morgan fingerprint density at radius 3 is 1.48 bits per heavy atom. The number of rotatable bonds is 22. The van der Waals surface area contributed by atoms with E-state index < -0.39 is 18.4 Å². The average Bonchev–Trinajstić information content (AvgIpc) is 3.73. The molecular formula is C36H58S3Sn. The molecule has 0 radical (unpaired) electrons. The standard InChI is InChI=1S/C24H31S3.3C4H9.Sn/c1-3-5-7-9-11-19-13-15-22(26-19)21-17-18-25-24(21)23-16-14-20(27-23)12-10-8-6-4-2;3*1-3-4-2;/h13-17H,3-12H2,1-2H3;3*1,3-4H2,2H3;. The first-order chi connectivity index (χ1) is 19.6. The molecule has 3 heterocycles. The Morgan fingerprint density at radius 2 is 0.975 bits per heavy atom. The van der Waals surface area contributed by atoms with Gasteiger partial charge in [-0.15, -0.1) is 0 Å². The fourth-order valence-electron chi connectivity index (χ4n) is 6.05. The van der Waals surface area contributed by atoms with Gasteiger partial charge >= 0.3 is 266 Å². The van der Waals surface area contributed by atoms with Gasteiger partial charge in [0.25, 0.3) is 0 Å². The molecule has 3 aromatic heterocycles. The van der Waals surface area contributed by atoms with Crippen molar-refractivity contribution >= 4 is 55.3 Å². The van der Waals surface area contributed by atoms with Gasteiger partial charge in [0.15, 0.2) is 0 Å². The number of unbranched alkanes of at least 4 members (excludes halogenated alkanes) is 9. The molecule has 0 atom stereocenters. The number of thiophene rings is 3. The van der Waals surface area contributed by atoms with E-state index in [2.05, 4.69) is 99.0 Å². The summed E-state index contributed by atoms with van der Waals surface area (Å²) in [5.41, 5.74) is 1.58. The minimum atomic E-state index is -2.49. The molecule has 0 N–H and O–H groups in total. The van der Waals surface area contributed by atoms with E-state index >= 15 is 0 Å². The Kier molecular flexibility index (Phi) is 16.5. The van der Waals surface area contributed by atoms with Gasteiger partial charge in [-0.05, 0) is 0 Å². The van der Waals surface area contributed by atoms with Crippen molar-refractivity contribution in [1.82, 2.24) is 0 Å². The van der Waals surface area contributed by atoms with Gasteiger partial charge in [0, 0.05) is 0 Å². The van der Waals surface area contributed by atoms with Gasteiger partial charge in [0.2, 0.25) is 0 Å². The normalized spacial score (nSPS) is 12.0. The maximum atomic E-state index is 2.77. The van der Waals surface area contributed by atoms with E-state index in [0.717, 1.165) is 0 Å². The summed E-state index contributed by atoms with van der Waals surface area (Å²) in [6, 6.07) is 12.6. The first-order valence-corrected chi connectivity index (χ1v) is 26.9. The van der Waals surface area contributed by atoms with Crippen LogP contribution < -0.4 is 2.89 Å². The van der Waals surface area contributed by atoms with E-state index in [1.165, 1.54) is 112 Å². The fraction of sp³-hybridized carbons (Fsp3) is 0.667. The van der Waals surface area contributed by atoms with Crippen LogP contribution >= 0.6 is 34.0 Å². The zero-order valence-corrected chi connectivity index (χ0v) is 31.9. The summed E-state index contributed by atoms with van der Waals surface area (Å²) in [6.45, 7) is 11.8. The van der Waals surface area contributed by atoms with E-state index in [9.17, 15) is 0 Å². The Balaban J connectivity index is 2.00. The molecule has 3 rings (SSSR count). The third-order valence-electron chi connectivity index (χ3n) is 8.65. The molecule has 0 saturated heterocycles. The summed E-state index contributed by atoms with van der Waals surface area (Å²) in [5, 5.41) is 0. The van der Waals surface area contributed by atoms with Crippen molar-refractivity contribution in [2.45, 2.75) is 151 Å². The predicted molar refractivity (Wildman–Crippen MR) is 191 cm³/mol. The molecule has 0 aliphatic rings. The van der Waals surface area contributed by atoms with E-state index in [4.69, 9.17) is 0 Å². The third-order valence-corrected chi connectivity index (χ3v) is 30.5. The first kappa shape index (κ1) is 34.4. The van der Waals surface area contributed by atoms with Gasteiger partial charge in [-0.25, -0.2) is 0 Å². The molecule has 0 aliphatic carbocycles. The second-order valence-corrected chi connectivity index (χ2v) is 29.6. The molecule has 0 fully saturated rings. The van der Waals surface area contributed by atoms with E-state index in [0.29, 0.717) is 0 Å². The summed E-state index contributed by atoms with van der Waals surface area (Å²) < 4.78 is 6.57. The molecule has 0 aliphatic heterocycles. The summed E-state index contributed by atoms with van der Waals surface area (Å²) >= 11 is 3.95. The Labute approximate surface area is 264 Å². The summed E-state index contributed by atoms with van der Waals surface area (Å²) in [4.78, 5) is 7.85. The van der Waals surface area contributed by atoms with Gasteiger partial charge < -0.3 is 0 Å². The van der Waals surface area contributed by atoms with E-state index in [1.807, 2.05) is 2.89 Å². The van der Waals surface area contributed by atoms with Crippen LogP contribution in [0.25, 0.3) is 20.2 Å². The molecule has 0 nitrogen and oxygen atoms in total. The molecule has 0 aromatic carbocycles. The summed E-state index contributed by atoms with van der Waals surface area (Å²) in [7, 11) is 0. The molecule has 0 bridgehead atoms. The van der Waals surface area contributed by atoms with Crippen molar-refractivity contribution in [2.75, 3.05) is 0 Å². The number of aryl methyl sites for hydroxylation is 2. The van der Waals surface area contributed by atoms with Gasteiger partial charge in [0.05, 0.1) is 0 Å². The summed E-state index contributed by atoms with van der Waals surface area (Å²) in [5.74, 6) is 0. The van der Waals surface area contributed by atoms with Crippen molar-refractivity contribution in [3.05, 3.63) is 40.1 Å². The van der Waals surface area contributed by atoms with Crippen LogP contribution in [0.2, 0.25) is 13.3 Å². The van der Waals surface area contributed by atoms with Crippen LogP contribution in [0, 0.1) is 0 Å². The van der Waals surface area contributed by atoms with Crippen molar-refractivity contribution in [3.8, 4) is 20.2 Å². The predicted octanol–water partition coefficient (Wildman–Crippen LogP) is 13.5. The molecule has 3 aromatic rings. The van der Waals surface area contributed by atoms with Crippen LogP contribution in [-0.4, -0.2) is 18.4 Å². The van der Waals surface area contributed by atoms with Gasteiger partial charge in [0.1, 0.15) is 0 Å². The minimum absolute atomic E-state index is 1.25. The van der Waals surface area contributed by atoms with Crippen LogP contribution in [0.1, 0.15) is 134 Å². The average molecular weight is 706 g/mol. The van der Waals surface area contributed by atoms with Gasteiger partial charge in [-0.1, -0.05) is 0 Å². The second kappa shape index (κ2) is 19.2. The second-order valence-electron chi connectivity index (χ2n) is 12.1. The SMILES string of the molecule is CCCCCCc1ccc(-c2c[c]([Sn]([CH2]CCC)([CH2]CCC)[CH2]CCC)sc2-c2ccc(CCCCCC)s2)s1. The Hall–Kier alpha value is -0.101. The third kappa shape index (κ3) is 10.3. The Bertz CT molecular complexity index is 982. The van der Waals surface area contributed by atoms with Crippen LogP contribution in [0.15, 0.2) is 30.3 Å². The molecule has 0 saturated carbocycles. The van der Waals surface area contributed by atoms with Crippen LogP contribution in [0.3, 0.4) is 0 Å². The monoisotopic (exact) mass is 706 g/mol. The van der Waals surface area contributed by atoms with Crippen molar-refractivity contribution in [3.63, 3.8) is 0 Å². The van der Waals surface area contributed by atoms with E-state index in [-0.39, 0.29) is 0 Å². The van der Waals surface area contributed by atoms with Crippen molar-refractivity contribution < 1.29 is 0 Å². The van der Waals surface area contributed by atoms with Crippen molar-refractivity contribution in [1.29, 1.82) is 0 Å². The van der Waals surface area contributed by atoms with Crippen LogP contribution in [0.5, 0.6) is 0 Å². The van der Waals surface area contributed by atoms with Crippen LogP contribution in [-0.2, 0) is 12.8 Å². The quantitative estimate of drug-likeness (QED) is 0.0721. The summed E-state index contributed by atoms with van der Waals surface area (Å²) in [6.07, 6.45) is 21.7. The topological polar surface area (TPSA) is 0 Å². The Morgan fingerprint density at radius 1 is 0.500 bits per heavy atom. The van der Waals surface area contributed by atoms with Crippen LogP contribution in [0.4, 0.5) is 0 Å². The fourth-order valence-corrected chi connectivity index (χ4v) is 28.6. The molecular weight excluding hydrogens is 647 g/mol. The molecule has 40 heavy (non-hydrogen) atoms. The maximum absolute atomic E-state index is 2.77. The zero-order valence-electron chi connectivity index (χ0n) is 26.5. The molecule has 224 valence electrons. The van der Waals surface area contributed by atoms with E-state index in [1.54, 1.807) is 33.5 Å². The molecule has 0 spiro atoms. The number of hydrogen-bond acceptors (Lipinski definition) is 3. The molecule has 4 heteroatoms. The molecule has 0 amide bonds. The van der Waals surface area contributed by atoms with Gasteiger partial charge in [-0.3, -0.25) is 0 Å². The first-order valence-electron chi connectivity index (χ1n) is 16.9. The van der Waals surface area contributed by atoms with Gasteiger partial charge in [-0.2, -0.15) is 0 Å². The van der Waals surface area contributed by atoms with Crippen molar-refractivity contribution in [2.24, 2.45) is 0 Å². The molecule has 0 unspecified atom stereocenters. The zero-order chi connectivity index (χ0) is 28.6. The number of hydrogen-bond donors (Lipinski definition) is 0.